The molecular formula is C21H24O4. The van der Waals surface area contributed by atoms with Gasteiger partial charge in [0.15, 0.2) is 5.78 Å². The number of hydrogen-bond donors (Lipinski definition) is 1. The summed E-state index contributed by atoms with van der Waals surface area (Å²) in [7, 11) is 0. The number of rotatable bonds is 3. The Bertz CT molecular complexity index is 728. The zero-order valence-electron chi connectivity index (χ0n) is 14.5. The molecule has 4 aliphatic rings. The van der Waals surface area contributed by atoms with Crippen molar-refractivity contribution in [3.63, 3.8) is 0 Å². The normalized spacial score (nSPS) is 42.0. The number of carboxylic acid groups (broad SMARTS) is 1. The van der Waals surface area contributed by atoms with Crippen LogP contribution in [0.15, 0.2) is 35.5 Å². The molecule has 2 fully saturated rings. The Morgan fingerprint density at radius 2 is 2.08 bits per heavy atom. The van der Waals surface area contributed by atoms with Crippen LogP contribution >= 0.6 is 0 Å². The van der Waals surface area contributed by atoms with Gasteiger partial charge >= 0.3 is 5.97 Å². The molecule has 0 heterocycles. The third kappa shape index (κ3) is 2.37. The number of hydrogen-bond acceptors (Lipinski definition) is 3. The van der Waals surface area contributed by atoms with Crippen LogP contribution in [0.3, 0.4) is 0 Å². The molecule has 4 heteroatoms. The molecule has 4 aliphatic carbocycles. The van der Waals surface area contributed by atoms with Gasteiger partial charge in [-0.15, -0.1) is 0 Å². The smallest absolute Gasteiger partial charge is 0.307 e. The summed E-state index contributed by atoms with van der Waals surface area (Å²) < 4.78 is 0. The summed E-state index contributed by atoms with van der Waals surface area (Å²) in [5.41, 5.74) is 1.44. The van der Waals surface area contributed by atoms with Gasteiger partial charge in [-0.3, -0.25) is 9.59 Å². The van der Waals surface area contributed by atoms with E-state index in [1.165, 1.54) is 0 Å². The third-order valence-electron chi connectivity index (χ3n) is 7.37. The summed E-state index contributed by atoms with van der Waals surface area (Å²) in [4.78, 5) is 34.9. The Morgan fingerprint density at radius 1 is 1.28 bits per heavy atom. The van der Waals surface area contributed by atoms with Crippen molar-refractivity contribution in [1.29, 1.82) is 0 Å². The number of carbonyl (C=O) groups is 3. The fourth-order valence-electron chi connectivity index (χ4n) is 6.06. The SMILES string of the molecule is C[C@]12CC[C@H]3[C@@H](C=CC4=C(CC(=O)O)C(=O)C=C[C@@H]43)[C@@H]1CCC2C=O. The molecule has 0 amide bonds. The summed E-state index contributed by atoms with van der Waals surface area (Å²) in [5.74, 6) is 0.517. The molecule has 2 saturated carbocycles. The van der Waals surface area contributed by atoms with Gasteiger partial charge in [0.2, 0.25) is 0 Å². The molecule has 6 atom stereocenters. The maximum Gasteiger partial charge on any atom is 0.307 e. The summed E-state index contributed by atoms with van der Waals surface area (Å²) in [6.07, 6.45) is 12.8. The van der Waals surface area contributed by atoms with Gasteiger partial charge in [-0.1, -0.05) is 25.2 Å². The standard InChI is InChI=1S/C21H24O4/c1-21-9-8-15-13-5-7-19(23)17(10-20(24)25)14(13)3-4-16(15)18(21)6-2-12(21)11-22/h3-5,7,11-13,15-16,18H,2,6,8-10H2,1H3,(H,24,25)/t12?,13-,15+,16+,18-,21+/m0/s1. The van der Waals surface area contributed by atoms with Crippen molar-refractivity contribution < 1.29 is 19.5 Å². The monoisotopic (exact) mass is 340 g/mol. The number of aliphatic carboxylic acids is 1. The molecule has 0 bridgehead atoms. The van der Waals surface area contributed by atoms with Gasteiger partial charge in [0, 0.05) is 17.4 Å². The first-order valence-electron chi connectivity index (χ1n) is 9.26. The first-order chi connectivity index (χ1) is 12.0. The Morgan fingerprint density at radius 3 is 2.80 bits per heavy atom. The largest absolute Gasteiger partial charge is 0.481 e. The van der Waals surface area contributed by atoms with Gasteiger partial charge in [-0.05, 0) is 60.5 Å². The van der Waals surface area contributed by atoms with E-state index in [0.717, 1.165) is 37.5 Å². The minimum Gasteiger partial charge on any atom is -0.481 e. The molecule has 0 aromatic rings. The molecular weight excluding hydrogens is 316 g/mol. The quantitative estimate of drug-likeness (QED) is 0.800. The molecule has 0 saturated heterocycles. The molecule has 1 N–H and O–H groups in total. The Balaban J connectivity index is 1.72. The van der Waals surface area contributed by atoms with Crippen LogP contribution in [0, 0.1) is 35.0 Å². The lowest BCUT2D eigenvalue weighted by Gasteiger charge is -2.51. The predicted molar refractivity (Wildman–Crippen MR) is 92.7 cm³/mol. The first kappa shape index (κ1) is 16.5. The highest BCUT2D eigenvalue weighted by Crippen LogP contribution is 2.61. The molecule has 4 rings (SSSR count). The van der Waals surface area contributed by atoms with Crippen molar-refractivity contribution in [3.8, 4) is 0 Å². The van der Waals surface area contributed by atoms with Crippen LogP contribution in [0.2, 0.25) is 0 Å². The first-order valence-corrected chi connectivity index (χ1v) is 9.26. The van der Waals surface area contributed by atoms with Crippen LogP contribution in [0.5, 0.6) is 0 Å². The van der Waals surface area contributed by atoms with Crippen LogP contribution in [0.4, 0.5) is 0 Å². The Hall–Kier alpha value is -1.97. The van der Waals surface area contributed by atoms with Gasteiger partial charge in [0.1, 0.15) is 6.29 Å². The second-order valence-corrected chi connectivity index (χ2v) is 8.32. The minimum absolute atomic E-state index is 0.0899. The highest BCUT2D eigenvalue weighted by Gasteiger charge is 2.55. The average molecular weight is 340 g/mol. The maximum absolute atomic E-state index is 12.2. The van der Waals surface area contributed by atoms with Crippen molar-refractivity contribution in [1.82, 2.24) is 0 Å². The predicted octanol–water partition coefficient (Wildman–Crippen LogP) is 3.34. The van der Waals surface area contributed by atoms with E-state index in [1.807, 2.05) is 12.2 Å². The van der Waals surface area contributed by atoms with Crippen molar-refractivity contribution in [2.24, 2.45) is 35.0 Å². The summed E-state index contributed by atoms with van der Waals surface area (Å²) in [6.45, 7) is 2.27. The molecule has 0 aromatic carbocycles. The number of allylic oxidation sites excluding steroid dienone is 5. The van der Waals surface area contributed by atoms with Gasteiger partial charge < -0.3 is 9.90 Å². The molecule has 0 aliphatic heterocycles. The number of carboxylic acids is 1. The Labute approximate surface area is 147 Å². The fourth-order valence-corrected chi connectivity index (χ4v) is 6.06. The number of fused-ring (bicyclic) bond motifs is 5. The zero-order chi connectivity index (χ0) is 17.8. The topological polar surface area (TPSA) is 71.4 Å². The van der Waals surface area contributed by atoms with E-state index >= 15 is 0 Å². The van der Waals surface area contributed by atoms with Crippen molar-refractivity contribution in [2.45, 2.75) is 39.0 Å². The molecule has 25 heavy (non-hydrogen) atoms. The molecule has 0 spiro atoms. The van der Waals surface area contributed by atoms with Gasteiger partial charge in [0.25, 0.3) is 0 Å². The summed E-state index contributed by atoms with van der Waals surface area (Å²) in [5, 5.41) is 9.15. The van der Waals surface area contributed by atoms with Crippen molar-refractivity contribution in [2.75, 3.05) is 0 Å². The van der Waals surface area contributed by atoms with E-state index in [-0.39, 0.29) is 29.5 Å². The average Bonchev–Trinajstić information content (AvgIpc) is 2.93. The lowest BCUT2D eigenvalue weighted by molar-refractivity contribution is -0.136. The highest BCUT2D eigenvalue weighted by atomic mass is 16.4. The molecule has 132 valence electrons. The van der Waals surface area contributed by atoms with Gasteiger partial charge in [0.05, 0.1) is 6.42 Å². The number of aldehydes is 1. The molecule has 4 nitrogen and oxygen atoms in total. The van der Waals surface area contributed by atoms with E-state index in [2.05, 4.69) is 13.0 Å². The molecule has 0 radical (unpaired) electrons. The lowest BCUT2D eigenvalue weighted by Crippen LogP contribution is -2.45. The van der Waals surface area contributed by atoms with Crippen LogP contribution in [0.1, 0.15) is 39.0 Å². The maximum atomic E-state index is 12.2. The van der Waals surface area contributed by atoms with Gasteiger partial charge in [-0.2, -0.15) is 0 Å². The number of carbonyl (C=O) groups excluding carboxylic acids is 2. The van der Waals surface area contributed by atoms with Crippen LogP contribution in [-0.2, 0) is 14.4 Å². The Kier molecular flexibility index (Phi) is 3.82. The summed E-state index contributed by atoms with van der Waals surface area (Å²) in [6, 6.07) is 0. The second kappa shape index (κ2) is 5.79. The van der Waals surface area contributed by atoms with E-state index in [1.54, 1.807) is 6.08 Å². The van der Waals surface area contributed by atoms with E-state index in [0.29, 0.717) is 23.3 Å². The zero-order valence-corrected chi connectivity index (χ0v) is 14.5. The van der Waals surface area contributed by atoms with E-state index < -0.39 is 5.97 Å². The van der Waals surface area contributed by atoms with Crippen LogP contribution < -0.4 is 0 Å². The van der Waals surface area contributed by atoms with E-state index in [4.69, 9.17) is 5.11 Å². The molecule has 1 unspecified atom stereocenters. The second-order valence-electron chi connectivity index (χ2n) is 8.32. The third-order valence-corrected chi connectivity index (χ3v) is 7.37. The number of ketones is 1. The summed E-state index contributed by atoms with van der Waals surface area (Å²) >= 11 is 0. The van der Waals surface area contributed by atoms with Crippen molar-refractivity contribution >= 4 is 18.0 Å². The lowest BCUT2D eigenvalue weighted by atomic mass is 9.53. The fraction of sp³-hybridized carbons (Fsp3) is 0.571. The van der Waals surface area contributed by atoms with Gasteiger partial charge in [-0.25, -0.2) is 0 Å². The van der Waals surface area contributed by atoms with E-state index in [9.17, 15) is 14.4 Å². The van der Waals surface area contributed by atoms with Crippen LogP contribution in [0.25, 0.3) is 0 Å². The highest BCUT2D eigenvalue weighted by molar-refractivity contribution is 6.08. The van der Waals surface area contributed by atoms with Crippen LogP contribution in [-0.4, -0.2) is 23.1 Å². The molecule has 0 aromatic heterocycles. The minimum atomic E-state index is -0.957. The van der Waals surface area contributed by atoms with Crippen molar-refractivity contribution in [3.05, 3.63) is 35.5 Å².